The molecule has 0 saturated heterocycles. The first-order valence-corrected chi connectivity index (χ1v) is 25.0. The molecule has 21 heteroatoms. The van der Waals surface area contributed by atoms with E-state index in [2.05, 4.69) is 0 Å². The number of benzene rings is 4. The van der Waals surface area contributed by atoms with E-state index in [0.29, 0.717) is 89.4 Å². The van der Waals surface area contributed by atoms with Gasteiger partial charge in [-0.3, -0.25) is 0 Å². The second-order valence-electron chi connectivity index (χ2n) is 14.6. The third kappa shape index (κ3) is 8.89. The summed E-state index contributed by atoms with van der Waals surface area (Å²) in [5.74, 6) is 0. The normalized spacial score (nSPS) is 12.9. The molecule has 327 valence electrons. The molecule has 9 rings (SSSR count). The molecular formula is C44H32MnN8O8S4. The van der Waals surface area contributed by atoms with Crippen LogP contribution in [0.5, 0.6) is 0 Å². The van der Waals surface area contributed by atoms with Crippen LogP contribution >= 0.6 is 0 Å². The van der Waals surface area contributed by atoms with Crippen LogP contribution in [0, 0.1) is 0 Å². The van der Waals surface area contributed by atoms with E-state index in [9.17, 15) is 33.7 Å². The molecule has 0 aliphatic carbocycles. The predicted octanol–water partition coefficient (Wildman–Crippen LogP) is 5.17. The SMILES string of the molecule is NS(=O)(=O)c1ccc(-c2c3nc(c(-c4ccc(S(N)(=O)=O)cc4)c4ccc([n-]4)c(-c4ccc(S(N)(=O)=O)cc4)c4ccc([n-]4)c(-c4ccc(S(N)(=O)=O)cc4)c4nc2C=C4)C=C3)cc1.[Mn+2]. The maximum atomic E-state index is 12.3. The van der Waals surface area contributed by atoms with Crippen LogP contribution in [0.3, 0.4) is 0 Å². The first kappa shape index (κ1) is 45.2. The number of sulfonamides is 4. The summed E-state index contributed by atoms with van der Waals surface area (Å²) in [7, 11) is -16.1. The average Bonchev–Trinajstić information content (AvgIpc) is 4.08. The number of aromatic nitrogens is 4. The molecule has 2 aliphatic rings. The first-order valence-electron chi connectivity index (χ1n) is 18.8. The van der Waals surface area contributed by atoms with E-state index in [-0.39, 0.29) is 36.7 Å². The molecule has 2 aliphatic heterocycles. The summed E-state index contributed by atoms with van der Waals surface area (Å²) in [5.41, 5.74) is 7.58. The Morgan fingerprint density at radius 3 is 0.785 bits per heavy atom. The number of primary sulfonamides is 4. The van der Waals surface area contributed by atoms with Gasteiger partial charge in [-0.15, -0.1) is 22.1 Å². The van der Waals surface area contributed by atoms with Gasteiger partial charge in [-0.05, 0) is 112 Å². The van der Waals surface area contributed by atoms with Crippen molar-refractivity contribution in [1.82, 2.24) is 19.9 Å². The van der Waals surface area contributed by atoms with Gasteiger partial charge in [0.2, 0.25) is 40.1 Å². The molecule has 5 heterocycles. The van der Waals surface area contributed by atoms with Crippen molar-refractivity contribution < 1.29 is 50.7 Å². The summed E-state index contributed by atoms with van der Waals surface area (Å²) in [5, 5.41) is 21.8. The van der Waals surface area contributed by atoms with Crippen molar-refractivity contribution in [2.24, 2.45) is 20.6 Å². The zero-order valence-electron chi connectivity index (χ0n) is 33.2. The van der Waals surface area contributed by atoms with Gasteiger partial charge in [0, 0.05) is 5.56 Å². The Hall–Kier alpha value is -6.36. The first-order chi connectivity index (χ1) is 30.2. The van der Waals surface area contributed by atoms with Gasteiger partial charge >= 0.3 is 17.1 Å². The van der Waals surface area contributed by atoms with Crippen LogP contribution in [0.2, 0.25) is 0 Å². The molecule has 1 radical (unpaired) electrons. The van der Waals surface area contributed by atoms with Crippen LogP contribution in [-0.2, 0) is 57.2 Å². The van der Waals surface area contributed by atoms with Crippen molar-refractivity contribution in [3.8, 4) is 44.5 Å². The van der Waals surface area contributed by atoms with Gasteiger partial charge < -0.3 is 9.97 Å². The molecular weight excluding hydrogens is 952 g/mol. The van der Waals surface area contributed by atoms with Gasteiger partial charge in [-0.25, -0.2) is 64.2 Å². The Kier molecular flexibility index (Phi) is 11.5. The molecule has 0 spiro atoms. The smallest absolute Gasteiger partial charge is 0.657 e. The van der Waals surface area contributed by atoms with Gasteiger partial charge in [-0.1, -0.05) is 72.8 Å². The minimum atomic E-state index is -4.04. The van der Waals surface area contributed by atoms with Crippen molar-refractivity contribution in [1.29, 1.82) is 0 Å². The number of nitrogens with two attached hydrogens (primary N) is 4. The minimum absolute atomic E-state index is 0. The van der Waals surface area contributed by atoms with Crippen molar-refractivity contribution in [3.63, 3.8) is 0 Å². The molecule has 8 bridgehead atoms. The van der Waals surface area contributed by atoms with Crippen LogP contribution < -0.4 is 30.5 Å². The summed E-state index contributed by atoms with van der Waals surface area (Å²) in [6.45, 7) is 0. The summed E-state index contributed by atoms with van der Waals surface area (Å²) in [6, 6.07) is 30.8. The zero-order valence-corrected chi connectivity index (χ0v) is 37.7. The molecule has 7 aromatic rings. The third-order valence-electron chi connectivity index (χ3n) is 10.5. The van der Waals surface area contributed by atoms with Crippen molar-refractivity contribution in [2.75, 3.05) is 0 Å². The molecule has 65 heavy (non-hydrogen) atoms. The van der Waals surface area contributed by atoms with Crippen molar-refractivity contribution in [2.45, 2.75) is 19.6 Å². The second-order valence-corrected chi connectivity index (χ2v) is 20.9. The number of nitrogens with zero attached hydrogens (tertiary/aromatic N) is 4. The zero-order chi connectivity index (χ0) is 45.3. The Labute approximate surface area is 383 Å². The Morgan fingerprint density at radius 1 is 0.308 bits per heavy atom. The van der Waals surface area contributed by atoms with Crippen LogP contribution in [0.25, 0.3) is 90.9 Å². The molecule has 0 saturated carbocycles. The maximum absolute atomic E-state index is 12.3. The van der Waals surface area contributed by atoms with Gasteiger partial charge in [0.15, 0.2) is 0 Å². The molecule has 8 N–H and O–H groups in total. The second kappa shape index (κ2) is 16.6. The fraction of sp³-hybridized carbons (Fsp3) is 0. The van der Waals surface area contributed by atoms with Crippen LogP contribution in [0.4, 0.5) is 0 Å². The number of rotatable bonds is 8. The maximum Gasteiger partial charge on any atom is 2.00 e. The van der Waals surface area contributed by atoms with Crippen molar-refractivity contribution >= 4 is 86.5 Å². The quantitative estimate of drug-likeness (QED) is 0.144. The molecule has 0 amide bonds. The molecule has 16 nitrogen and oxygen atoms in total. The fourth-order valence-electron chi connectivity index (χ4n) is 7.52. The van der Waals surface area contributed by atoms with E-state index in [1.54, 1.807) is 97.1 Å². The Bertz CT molecular complexity index is 3620. The van der Waals surface area contributed by atoms with Gasteiger partial charge in [-0.2, -0.15) is 0 Å². The van der Waals surface area contributed by atoms with E-state index in [4.69, 9.17) is 40.5 Å². The standard InChI is InChI=1S/C44H32N8O8S4.Mn/c45-61(53,54)29-9-1-25(2-10-29)41-33-17-19-35(49-33)42(26-3-11-30(12-4-26)62(46,55)56)37-21-23-39(51-37)44(28-7-15-32(16-8-28)64(48,59)60)40-24-22-38(52-40)43(36-20-18-34(41)50-36)27-5-13-31(14-6-27)63(47,57)58;/h1-24H,(H2,45,53,54)(H2,46,55,56)(H2,47,57,58)(H2,48,59,60);/q-2;+2. The largest absolute Gasteiger partial charge is 2.00 e. The molecule has 4 aromatic carbocycles. The van der Waals surface area contributed by atoms with Gasteiger partial charge in [0.25, 0.3) is 0 Å². The van der Waals surface area contributed by atoms with E-state index in [1.807, 2.05) is 0 Å². The Morgan fingerprint density at radius 2 is 0.523 bits per heavy atom. The molecule has 0 unspecified atom stereocenters. The topological polar surface area (TPSA) is 295 Å². The van der Waals surface area contributed by atoms with E-state index in [0.717, 1.165) is 0 Å². The average molecular weight is 984 g/mol. The van der Waals surface area contributed by atoms with E-state index >= 15 is 0 Å². The van der Waals surface area contributed by atoms with Crippen LogP contribution in [0.15, 0.2) is 141 Å². The van der Waals surface area contributed by atoms with Crippen LogP contribution in [0.1, 0.15) is 22.8 Å². The summed E-state index contributed by atoms with van der Waals surface area (Å²) < 4.78 is 98.0. The number of fused-ring (bicyclic) bond motifs is 8. The van der Waals surface area contributed by atoms with E-state index < -0.39 is 40.1 Å². The minimum Gasteiger partial charge on any atom is -0.657 e. The van der Waals surface area contributed by atoms with Gasteiger partial charge in [0.05, 0.1) is 42.4 Å². The van der Waals surface area contributed by atoms with E-state index in [1.165, 1.54) is 48.5 Å². The molecule has 0 atom stereocenters. The van der Waals surface area contributed by atoms with Gasteiger partial charge in [0.1, 0.15) is 0 Å². The summed E-state index contributed by atoms with van der Waals surface area (Å²) >= 11 is 0. The third-order valence-corrected chi connectivity index (χ3v) is 14.2. The number of hydrogen-bond acceptors (Lipinski definition) is 10. The Balaban J connectivity index is 0.00000576. The summed E-state index contributed by atoms with van der Waals surface area (Å²) in [6.07, 6.45) is 7.05. The van der Waals surface area contributed by atoms with Crippen molar-refractivity contribution in [3.05, 3.63) is 144 Å². The summed E-state index contributed by atoms with van der Waals surface area (Å²) in [4.78, 5) is 19.9. The molecule has 0 fully saturated rings. The fourth-order valence-corrected chi connectivity index (χ4v) is 9.58. The molecule has 3 aromatic heterocycles. The predicted molar refractivity (Wildman–Crippen MR) is 244 cm³/mol. The number of hydrogen-bond donors (Lipinski definition) is 4. The van der Waals surface area contributed by atoms with Crippen LogP contribution in [-0.4, -0.2) is 43.6 Å². The monoisotopic (exact) mass is 983 g/mol.